The molecule has 34 heavy (non-hydrogen) atoms. The average Bonchev–Trinajstić information content (AvgIpc) is 2.65. The number of benzene rings is 3. The fraction of sp³-hybridized carbons (Fsp3) is 0.0556. The van der Waals surface area contributed by atoms with Gasteiger partial charge in [0, 0.05) is 17.8 Å². The molecule has 1 N–H and O–H groups in total. The molecule has 0 saturated heterocycles. The van der Waals surface area contributed by atoms with Crippen molar-refractivity contribution in [2.24, 2.45) is 10.2 Å². The predicted molar refractivity (Wildman–Crippen MR) is 101 cm³/mol. The van der Waals surface area contributed by atoms with Crippen molar-refractivity contribution < 1.29 is 130 Å². The topological polar surface area (TPSA) is 199 Å². The number of carboxylic acid groups (broad SMARTS) is 1. The van der Waals surface area contributed by atoms with Gasteiger partial charge in [-0.25, -0.2) is 8.42 Å². The van der Waals surface area contributed by atoms with Crippen LogP contribution in [-0.2, 0) is 31.5 Å². The summed E-state index contributed by atoms with van der Waals surface area (Å²) in [4.78, 5) is 8.87. The third-order valence-electron chi connectivity index (χ3n) is 4.12. The summed E-state index contributed by atoms with van der Waals surface area (Å²) >= 11 is 0. The van der Waals surface area contributed by atoms with Gasteiger partial charge in [-0.3, -0.25) is 4.55 Å². The minimum absolute atomic E-state index is 0. The summed E-state index contributed by atoms with van der Waals surface area (Å²) < 4.78 is 66.2. The van der Waals surface area contributed by atoms with E-state index in [0.717, 1.165) is 24.3 Å². The number of azo groups is 1. The molecule has 0 amide bonds. The van der Waals surface area contributed by atoms with E-state index in [1.807, 2.05) is 0 Å². The Labute approximate surface area is 261 Å². The SMILES string of the molecule is O=C([O-])Cc1ccc(N=Nc2c([O-])c(S(=O)(=O)O)cc3cc(S(=O)(=O)[O-])ccc23)cc1.[Na+].[Na+].[Na+]. The van der Waals surface area contributed by atoms with Crippen molar-refractivity contribution in [2.75, 3.05) is 0 Å². The van der Waals surface area contributed by atoms with Crippen LogP contribution in [0.3, 0.4) is 0 Å². The third kappa shape index (κ3) is 8.34. The largest absolute Gasteiger partial charge is 1.00 e. The first-order chi connectivity index (χ1) is 14.4. The van der Waals surface area contributed by atoms with Crippen molar-refractivity contribution in [3.63, 3.8) is 0 Å². The summed E-state index contributed by atoms with van der Waals surface area (Å²) in [5, 5.41) is 30.6. The number of fused-ring (bicyclic) bond motifs is 1. The zero-order chi connectivity index (χ0) is 23.0. The number of aliphatic carboxylic acids is 1. The molecule has 0 atom stereocenters. The molecule has 11 nitrogen and oxygen atoms in total. The average molecular weight is 532 g/mol. The van der Waals surface area contributed by atoms with Gasteiger partial charge in [-0.2, -0.15) is 18.6 Å². The minimum atomic E-state index is -5.00. The zero-order valence-corrected chi connectivity index (χ0v) is 25.9. The first-order valence-corrected chi connectivity index (χ1v) is 11.1. The molecule has 0 heterocycles. The molecule has 0 aliphatic carbocycles. The Bertz CT molecular complexity index is 1440. The molecule has 3 rings (SSSR count). The van der Waals surface area contributed by atoms with E-state index in [0.29, 0.717) is 5.56 Å². The Morgan fingerprint density at radius 2 is 1.50 bits per heavy atom. The minimum Gasteiger partial charge on any atom is -0.870 e. The number of carbonyl (C=O) groups is 1. The molecule has 162 valence electrons. The molecular formula is C18H11N2Na3O9S2. The Kier molecular flexibility index (Phi) is 13.1. The summed E-state index contributed by atoms with van der Waals surface area (Å²) in [5.41, 5.74) is 0.0954. The maximum absolute atomic E-state index is 12.6. The fourth-order valence-corrected chi connectivity index (χ4v) is 3.84. The molecular weight excluding hydrogens is 521 g/mol. The van der Waals surface area contributed by atoms with Crippen LogP contribution in [0.25, 0.3) is 10.8 Å². The first-order valence-electron chi connectivity index (χ1n) is 8.28. The fourth-order valence-electron chi connectivity index (χ4n) is 2.72. The zero-order valence-electron chi connectivity index (χ0n) is 18.3. The second-order valence-corrected chi connectivity index (χ2v) is 9.05. The van der Waals surface area contributed by atoms with Crippen LogP contribution >= 0.6 is 0 Å². The van der Waals surface area contributed by atoms with Crippen LogP contribution in [0, 0.1) is 0 Å². The Morgan fingerprint density at radius 3 is 2.00 bits per heavy atom. The molecule has 0 spiro atoms. The summed E-state index contributed by atoms with van der Waals surface area (Å²) in [6, 6.07) is 9.24. The van der Waals surface area contributed by atoms with Crippen molar-refractivity contribution in [2.45, 2.75) is 16.2 Å². The van der Waals surface area contributed by atoms with E-state index in [-0.39, 0.29) is 112 Å². The summed E-state index contributed by atoms with van der Waals surface area (Å²) in [6.07, 6.45) is -0.325. The van der Waals surface area contributed by atoms with Crippen molar-refractivity contribution in [1.82, 2.24) is 0 Å². The van der Waals surface area contributed by atoms with Gasteiger partial charge in [-0.15, -0.1) is 0 Å². The van der Waals surface area contributed by atoms with Crippen molar-refractivity contribution in [3.8, 4) is 5.75 Å². The number of rotatable bonds is 6. The van der Waals surface area contributed by atoms with Gasteiger partial charge in [-0.1, -0.05) is 23.9 Å². The monoisotopic (exact) mass is 532 g/mol. The van der Waals surface area contributed by atoms with Gasteiger partial charge in [0.15, 0.2) is 0 Å². The van der Waals surface area contributed by atoms with E-state index >= 15 is 0 Å². The molecule has 16 heteroatoms. The first kappa shape index (κ1) is 33.6. The second kappa shape index (κ2) is 13.2. The molecule has 0 bridgehead atoms. The molecule has 0 saturated carbocycles. The van der Waals surface area contributed by atoms with Crippen LogP contribution in [0.5, 0.6) is 5.75 Å². The Balaban J connectivity index is 0.00000363. The molecule has 0 radical (unpaired) electrons. The van der Waals surface area contributed by atoms with Gasteiger partial charge in [0.2, 0.25) is 0 Å². The van der Waals surface area contributed by atoms with Crippen LogP contribution in [0.1, 0.15) is 5.56 Å². The van der Waals surface area contributed by atoms with Crippen molar-refractivity contribution in [3.05, 3.63) is 54.1 Å². The Hall–Kier alpha value is -0.390. The van der Waals surface area contributed by atoms with E-state index in [1.54, 1.807) is 0 Å². The van der Waals surface area contributed by atoms with Gasteiger partial charge in [0.05, 0.1) is 21.2 Å². The van der Waals surface area contributed by atoms with Crippen LogP contribution in [0.15, 0.2) is 68.6 Å². The van der Waals surface area contributed by atoms with E-state index in [2.05, 4.69) is 10.2 Å². The molecule has 0 unspecified atom stereocenters. The van der Waals surface area contributed by atoms with Gasteiger partial charge in [0.1, 0.15) is 10.1 Å². The number of carboxylic acids is 1. The van der Waals surface area contributed by atoms with Crippen molar-refractivity contribution >= 4 is 48.4 Å². The summed E-state index contributed by atoms with van der Waals surface area (Å²) in [7, 11) is -9.87. The Morgan fingerprint density at radius 1 is 0.912 bits per heavy atom. The molecule has 0 aliphatic rings. The maximum atomic E-state index is 12.6. The van der Waals surface area contributed by atoms with Crippen LogP contribution < -0.4 is 98.9 Å². The molecule has 0 aliphatic heterocycles. The van der Waals surface area contributed by atoms with E-state index in [4.69, 9.17) is 0 Å². The van der Waals surface area contributed by atoms with Gasteiger partial charge >= 0.3 is 88.7 Å². The van der Waals surface area contributed by atoms with E-state index in [1.165, 1.54) is 24.3 Å². The molecule has 0 fully saturated rings. The number of carbonyl (C=O) groups excluding carboxylic acids is 1. The van der Waals surface area contributed by atoms with Gasteiger partial charge in [-0.05, 0) is 41.3 Å². The predicted octanol–water partition coefficient (Wildman–Crippen LogP) is -8.22. The van der Waals surface area contributed by atoms with Gasteiger partial charge < -0.3 is 19.6 Å². The molecule has 3 aromatic rings. The number of nitrogens with zero attached hydrogens (tertiary/aromatic N) is 2. The number of hydrogen-bond donors (Lipinski definition) is 1. The van der Waals surface area contributed by atoms with E-state index in [9.17, 15) is 40.9 Å². The standard InChI is InChI=1S/C18H14N2O9S2.3Na/c21-16(22)7-10-1-3-12(4-2-10)19-20-17-14-6-5-13(30(24,25)26)8-11(14)9-15(18(17)23)31(27,28)29;;;/h1-6,8-9,23H,7H2,(H,21,22)(H,24,25,26)(H,27,28,29);;;/q;3*+1/p-3. The quantitative estimate of drug-likeness (QED) is 0.182. The third-order valence-corrected chi connectivity index (χ3v) is 5.81. The van der Waals surface area contributed by atoms with Crippen molar-refractivity contribution in [1.29, 1.82) is 0 Å². The number of hydrogen-bond acceptors (Lipinski definition) is 10. The van der Waals surface area contributed by atoms with Gasteiger partial charge in [0.25, 0.3) is 10.1 Å². The molecule has 0 aromatic heterocycles. The summed E-state index contributed by atoms with van der Waals surface area (Å²) in [5.74, 6) is -2.47. The van der Waals surface area contributed by atoms with Crippen LogP contribution in [0.4, 0.5) is 11.4 Å². The van der Waals surface area contributed by atoms with Crippen LogP contribution in [0.2, 0.25) is 0 Å². The molecule has 3 aromatic carbocycles. The van der Waals surface area contributed by atoms with E-state index < -0.39 is 47.4 Å². The second-order valence-electron chi connectivity index (χ2n) is 6.28. The maximum Gasteiger partial charge on any atom is 1.00 e. The normalized spacial score (nSPS) is 11.4. The summed E-state index contributed by atoms with van der Waals surface area (Å²) in [6.45, 7) is 0. The smallest absolute Gasteiger partial charge is 0.870 e. The van der Waals surface area contributed by atoms with Crippen LogP contribution in [-0.4, -0.2) is 31.9 Å².